The van der Waals surface area contributed by atoms with Crippen LogP contribution in [0.15, 0.2) is 90.0 Å². The van der Waals surface area contributed by atoms with Gasteiger partial charge in [0.25, 0.3) is 0 Å². The van der Waals surface area contributed by atoms with Crippen LogP contribution in [0.3, 0.4) is 0 Å². The summed E-state index contributed by atoms with van der Waals surface area (Å²) >= 11 is 5.35. The average Bonchev–Trinajstić information content (AvgIpc) is 3.20. The molecule has 0 bridgehead atoms. The second kappa shape index (κ2) is 11.2. The lowest BCUT2D eigenvalue weighted by molar-refractivity contribution is 0.311. The first kappa shape index (κ1) is 21.7. The van der Waals surface area contributed by atoms with Crippen LogP contribution in [0.4, 0.5) is 0 Å². The molecule has 0 aliphatic carbocycles. The Morgan fingerprint density at radius 1 is 0.844 bits per heavy atom. The molecule has 5 nitrogen and oxygen atoms in total. The van der Waals surface area contributed by atoms with Crippen LogP contribution in [0, 0.1) is 4.77 Å². The highest BCUT2D eigenvalue weighted by atomic mass is 32.1. The van der Waals surface area contributed by atoms with Gasteiger partial charge in [-0.2, -0.15) is 14.9 Å². The molecule has 0 amide bonds. The first-order valence-corrected chi connectivity index (χ1v) is 11.2. The number of hydrogen-bond donors (Lipinski definition) is 1. The number of H-pyrrole nitrogens is 1. The zero-order chi connectivity index (χ0) is 22.0. The van der Waals surface area contributed by atoms with Gasteiger partial charge in [0.05, 0.1) is 12.8 Å². The Bertz CT molecular complexity index is 1180. The van der Waals surface area contributed by atoms with E-state index >= 15 is 0 Å². The van der Waals surface area contributed by atoms with Gasteiger partial charge in [0.15, 0.2) is 5.82 Å². The standard InChI is InChI=1S/C26H26N4OS/c32-26-29-28-25(18-15-22-10-5-2-6-11-22)30(26)27-20-23-13-16-24(17-14-23)31-19-7-12-21-8-3-1-4-9-21/h1-6,8-11,13-14,16-17,20H,7,12,15,18-19H2,(H,29,32)/b27-20-. The minimum atomic E-state index is 0.489. The van der Waals surface area contributed by atoms with Gasteiger partial charge in [0.1, 0.15) is 5.75 Å². The highest BCUT2D eigenvalue weighted by molar-refractivity contribution is 7.71. The minimum absolute atomic E-state index is 0.489. The normalized spacial score (nSPS) is 11.1. The van der Waals surface area contributed by atoms with Crippen LogP contribution in [0.25, 0.3) is 0 Å². The molecule has 162 valence electrons. The van der Waals surface area contributed by atoms with Gasteiger partial charge in [-0.05, 0) is 72.4 Å². The van der Waals surface area contributed by atoms with Crippen molar-refractivity contribution in [2.24, 2.45) is 5.10 Å². The van der Waals surface area contributed by atoms with Crippen molar-refractivity contribution in [3.05, 3.63) is 112 Å². The van der Waals surface area contributed by atoms with Crippen molar-refractivity contribution in [2.75, 3.05) is 6.61 Å². The van der Waals surface area contributed by atoms with Gasteiger partial charge in [0.2, 0.25) is 4.77 Å². The van der Waals surface area contributed by atoms with Gasteiger partial charge in [-0.25, -0.2) is 0 Å². The Morgan fingerprint density at radius 2 is 1.50 bits per heavy atom. The fraction of sp³-hybridized carbons (Fsp3) is 0.192. The van der Waals surface area contributed by atoms with E-state index in [2.05, 4.69) is 51.7 Å². The topological polar surface area (TPSA) is 55.2 Å². The van der Waals surface area contributed by atoms with E-state index < -0.39 is 0 Å². The molecule has 0 atom stereocenters. The Balaban J connectivity index is 1.30. The maximum atomic E-state index is 5.86. The first-order chi connectivity index (χ1) is 15.8. The van der Waals surface area contributed by atoms with Crippen molar-refractivity contribution in [2.45, 2.75) is 25.7 Å². The number of nitrogens with one attached hydrogen (secondary N) is 1. The summed E-state index contributed by atoms with van der Waals surface area (Å²) in [7, 11) is 0. The molecule has 4 aromatic rings. The van der Waals surface area contributed by atoms with Gasteiger partial charge >= 0.3 is 0 Å². The number of ether oxygens (including phenoxy) is 1. The van der Waals surface area contributed by atoms with Gasteiger partial charge < -0.3 is 4.74 Å². The van der Waals surface area contributed by atoms with E-state index in [4.69, 9.17) is 17.0 Å². The fourth-order valence-corrected chi connectivity index (χ4v) is 3.59. The molecule has 32 heavy (non-hydrogen) atoms. The van der Waals surface area contributed by atoms with Gasteiger partial charge in [-0.15, -0.1) is 0 Å². The van der Waals surface area contributed by atoms with Crippen molar-refractivity contribution in [1.82, 2.24) is 14.9 Å². The molecule has 3 aromatic carbocycles. The van der Waals surface area contributed by atoms with E-state index in [-0.39, 0.29) is 0 Å². The summed E-state index contributed by atoms with van der Waals surface area (Å²) in [4.78, 5) is 0. The molecular weight excluding hydrogens is 416 g/mol. The Hall–Kier alpha value is -3.51. The monoisotopic (exact) mass is 442 g/mol. The van der Waals surface area contributed by atoms with Crippen molar-refractivity contribution >= 4 is 18.4 Å². The summed E-state index contributed by atoms with van der Waals surface area (Å²) < 4.78 is 8.04. The van der Waals surface area contributed by atoms with Crippen molar-refractivity contribution in [3.8, 4) is 5.75 Å². The summed E-state index contributed by atoms with van der Waals surface area (Å²) in [6.45, 7) is 0.692. The molecule has 0 spiro atoms. The summed E-state index contributed by atoms with van der Waals surface area (Å²) in [5.74, 6) is 1.67. The van der Waals surface area contributed by atoms with E-state index in [9.17, 15) is 0 Å². The van der Waals surface area contributed by atoms with Crippen LogP contribution < -0.4 is 4.74 Å². The quantitative estimate of drug-likeness (QED) is 0.197. The molecule has 1 aromatic heterocycles. The smallest absolute Gasteiger partial charge is 0.216 e. The van der Waals surface area contributed by atoms with Crippen LogP contribution in [-0.2, 0) is 19.3 Å². The lowest BCUT2D eigenvalue weighted by atomic mass is 10.1. The van der Waals surface area contributed by atoms with Crippen LogP contribution in [0.1, 0.15) is 28.9 Å². The van der Waals surface area contributed by atoms with E-state index in [1.165, 1.54) is 11.1 Å². The number of nitrogens with zero attached hydrogens (tertiary/aromatic N) is 3. The largest absolute Gasteiger partial charge is 0.494 e. The van der Waals surface area contributed by atoms with Gasteiger partial charge in [-0.1, -0.05) is 60.7 Å². The molecule has 0 fully saturated rings. The molecule has 1 heterocycles. The Labute approximate surface area is 193 Å². The number of aromatic nitrogens is 3. The maximum Gasteiger partial charge on any atom is 0.216 e. The Kier molecular flexibility index (Phi) is 7.60. The molecule has 4 rings (SSSR count). The van der Waals surface area contributed by atoms with E-state index in [1.807, 2.05) is 48.5 Å². The Morgan fingerprint density at radius 3 is 2.19 bits per heavy atom. The highest BCUT2D eigenvalue weighted by Gasteiger charge is 2.05. The van der Waals surface area contributed by atoms with Crippen LogP contribution in [0.5, 0.6) is 5.75 Å². The number of benzene rings is 3. The highest BCUT2D eigenvalue weighted by Crippen LogP contribution is 2.13. The third-order valence-corrected chi connectivity index (χ3v) is 5.39. The van der Waals surface area contributed by atoms with Crippen LogP contribution in [0.2, 0.25) is 0 Å². The lowest BCUT2D eigenvalue weighted by Crippen LogP contribution is -2.02. The predicted octanol–water partition coefficient (Wildman–Crippen LogP) is 5.62. The number of aromatic amines is 1. The van der Waals surface area contributed by atoms with Gasteiger partial charge in [0, 0.05) is 6.42 Å². The first-order valence-electron chi connectivity index (χ1n) is 10.8. The molecule has 0 unspecified atom stereocenters. The van der Waals surface area contributed by atoms with Crippen molar-refractivity contribution in [1.29, 1.82) is 0 Å². The molecule has 1 N–H and O–H groups in total. The molecule has 0 radical (unpaired) electrons. The van der Waals surface area contributed by atoms with Crippen LogP contribution >= 0.6 is 12.2 Å². The second-order valence-electron chi connectivity index (χ2n) is 7.49. The number of hydrogen-bond acceptors (Lipinski definition) is 4. The molecule has 0 saturated heterocycles. The van der Waals surface area contributed by atoms with Crippen molar-refractivity contribution < 1.29 is 4.74 Å². The molecule has 0 saturated carbocycles. The minimum Gasteiger partial charge on any atom is -0.494 e. The van der Waals surface area contributed by atoms with Crippen molar-refractivity contribution in [3.63, 3.8) is 0 Å². The summed E-state index contributed by atoms with van der Waals surface area (Å²) in [6.07, 6.45) is 5.42. The summed E-state index contributed by atoms with van der Waals surface area (Å²) in [5.41, 5.74) is 3.57. The predicted molar refractivity (Wildman–Crippen MR) is 131 cm³/mol. The molecule has 6 heteroatoms. The zero-order valence-corrected chi connectivity index (χ0v) is 18.7. The van der Waals surface area contributed by atoms with E-state index in [0.717, 1.165) is 42.8 Å². The zero-order valence-electron chi connectivity index (χ0n) is 17.9. The SMILES string of the molecule is S=c1[nH]nc(CCc2ccccc2)n1/N=C\c1ccc(OCCCc2ccccc2)cc1. The third-order valence-electron chi connectivity index (χ3n) is 5.12. The molecule has 0 aliphatic heterocycles. The van der Waals surface area contributed by atoms with E-state index in [1.54, 1.807) is 10.9 Å². The fourth-order valence-electron chi connectivity index (χ4n) is 3.39. The summed E-state index contributed by atoms with van der Waals surface area (Å²) in [5, 5.41) is 11.7. The second-order valence-corrected chi connectivity index (χ2v) is 7.88. The number of rotatable bonds is 10. The molecule has 0 aliphatic rings. The lowest BCUT2D eigenvalue weighted by Gasteiger charge is -2.06. The van der Waals surface area contributed by atoms with Gasteiger partial charge in [-0.3, -0.25) is 5.10 Å². The third kappa shape index (κ3) is 6.25. The number of aryl methyl sites for hydroxylation is 3. The molecular formula is C26H26N4OS. The average molecular weight is 443 g/mol. The maximum absolute atomic E-state index is 5.86. The van der Waals surface area contributed by atoms with E-state index in [0.29, 0.717) is 11.4 Å². The summed E-state index contributed by atoms with van der Waals surface area (Å²) in [6, 6.07) is 28.7. The van der Waals surface area contributed by atoms with Crippen LogP contribution in [-0.4, -0.2) is 27.7 Å².